The van der Waals surface area contributed by atoms with E-state index in [4.69, 9.17) is 0 Å². The first-order chi connectivity index (χ1) is 42.8. The number of rotatable bonds is 6. The van der Waals surface area contributed by atoms with Crippen LogP contribution < -0.4 is 0 Å². The molecule has 1 nitrogen and oxygen atoms in total. The van der Waals surface area contributed by atoms with Gasteiger partial charge in [-0.15, -0.1) is 0 Å². The van der Waals surface area contributed by atoms with Crippen LogP contribution in [0.3, 0.4) is 0 Å². The van der Waals surface area contributed by atoms with Crippen LogP contribution in [0.4, 0.5) is 0 Å². The standard InChI is InChI=1S/C27H22.C26H20.C19H15N.C11H10.C3H8/c1-2-20-12-11-18-24-23-17-9-10-19-25(23)27(26(20)24,21-13-5-3-6-14-21)22-15-7-4-8-16-22;1-19-16-17-23-22-14-8-9-15-24(22)26(25(23)18-19,20-10-4-2-5-11-20)21-12-6-3-7-13-21;1-13-5-4-6-14(11-13)15-9-10-17-16-7-2-3-8-18(16)20-19(17)12-15;1-9-5-4-7-10-6-2-3-8-11(9)10;1-3-2/h2-7,9-15,17-19H,1,8,16H2;2-18H,1H3;2-12,20H,1H3;2-8H,1H3;3H2,1-2H3. The second kappa shape index (κ2) is 25.6. The fourth-order valence-electron chi connectivity index (χ4n) is 13.8. The maximum Gasteiger partial charge on any atom is 0.0713 e. The zero-order chi connectivity index (χ0) is 59.7. The number of aryl methyl sites for hydroxylation is 3. The van der Waals surface area contributed by atoms with Crippen molar-refractivity contribution in [1.29, 1.82) is 0 Å². The van der Waals surface area contributed by atoms with E-state index in [1.165, 1.54) is 139 Å². The molecule has 3 aliphatic rings. The third kappa shape index (κ3) is 10.8. The summed E-state index contributed by atoms with van der Waals surface area (Å²) in [7, 11) is 0. The number of benzene rings is 12. The maximum absolute atomic E-state index is 4.14. The fourth-order valence-corrected chi connectivity index (χ4v) is 13.8. The number of aromatic nitrogens is 1. The third-order valence-electron chi connectivity index (χ3n) is 17.5. The van der Waals surface area contributed by atoms with E-state index in [1.807, 2.05) is 6.08 Å². The summed E-state index contributed by atoms with van der Waals surface area (Å²) >= 11 is 0. The van der Waals surface area contributed by atoms with Crippen LogP contribution in [-0.2, 0) is 10.8 Å². The molecule has 16 rings (SSSR count). The van der Waals surface area contributed by atoms with Gasteiger partial charge in [-0.3, -0.25) is 0 Å². The second-order valence-corrected chi connectivity index (χ2v) is 23.2. The Kier molecular flexibility index (Phi) is 16.9. The van der Waals surface area contributed by atoms with Crippen molar-refractivity contribution in [2.75, 3.05) is 0 Å². The van der Waals surface area contributed by atoms with Gasteiger partial charge in [-0.05, 0) is 140 Å². The second-order valence-electron chi connectivity index (χ2n) is 23.2. The Morgan fingerprint density at radius 1 is 0.414 bits per heavy atom. The minimum Gasteiger partial charge on any atom is -0.354 e. The van der Waals surface area contributed by atoms with Crippen molar-refractivity contribution in [3.05, 3.63) is 377 Å². The molecule has 0 radical (unpaired) electrons. The molecule has 0 spiro atoms. The maximum atomic E-state index is 4.14. The van der Waals surface area contributed by atoms with Crippen LogP contribution in [-0.4, -0.2) is 4.98 Å². The van der Waals surface area contributed by atoms with Crippen LogP contribution in [0.5, 0.6) is 0 Å². The van der Waals surface area contributed by atoms with Gasteiger partial charge in [-0.1, -0.05) is 341 Å². The van der Waals surface area contributed by atoms with E-state index in [1.54, 1.807) is 0 Å². The highest BCUT2D eigenvalue weighted by Crippen LogP contribution is 2.59. The first-order valence-electron chi connectivity index (χ1n) is 30.9. The lowest BCUT2D eigenvalue weighted by Gasteiger charge is -2.37. The van der Waals surface area contributed by atoms with Gasteiger partial charge in [0.2, 0.25) is 0 Å². The molecule has 1 aromatic heterocycles. The Bertz CT molecular complexity index is 4570. The van der Waals surface area contributed by atoms with Crippen molar-refractivity contribution in [2.45, 2.75) is 64.7 Å². The number of hydrogen-bond acceptors (Lipinski definition) is 0. The van der Waals surface area contributed by atoms with Gasteiger partial charge in [0.25, 0.3) is 0 Å². The van der Waals surface area contributed by atoms with Gasteiger partial charge < -0.3 is 4.98 Å². The molecule has 1 atom stereocenters. The van der Waals surface area contributed by atoms with Crippen molar-refractivity contribution in [2.24, 2.45) is 0 Å². The van der Waals surface area contributed by atoms with Crippen molar-refractivity contribution in [1.82, 2.24) is 4.98 Å². The number of nitrogens with one attached hydrogen (secondary N) is 1. The minimum atomic E-state index is -0.263. The fraction of sp³-hybridized carbons (Fsp3) is 0.116. The molecule has 87 heavy (non-hydrogen) atoms. The highest BCUT2D eigenvalue weighted by atomic mass is 14.7. The molecular formula is C86H75N. The highest BCUT2D eigenvalue weighted by Gasteiger charge is 2.48. The lowest BCUT2D eigenvalue weighted by atomic mass is 9.64. The van der Waals surface area contributed by atoms with Crippen LogP contribution in [0.15, 0.2) is 315 Å². The Hall–Kier alpha value is -10.1. The Labute approximate surface area is 515 Å². The first-order valence-corrected chi connectivity index (χ1v) is 30.9. The third-order valence-corrected chi connectivity index (χ3v) is 17.5. The monoisotopic (exact) mass is 1120 g/mol. The molecule has 424 valence electrons. The lowest BCUT2D eigenvalue weighted by Crippen LogP contribution is -2.31. The normalized spacial score (nSPS) is 14.4. The number of H-pyrrole nitrogens is 1. The Balaban J connectivity index is 0.000000116. The van der Waals surface area contributed by atoms with Gasteiger partial charge in [0.05, 0.1) is 10.8 Å². The summed E-state index contributed by atoms with van der Waals surface area (Å²) in [5.41, 5.74) is 25.9. The van der Waals surface area contributed by atoms with Gasteiger partial charge in [-0.25, -0.2) is 0 Å². The lowest BCUT2D eigenvalue weighted by molar-refractivity contribution is 0.691. The summed E-state index contributed by atoms with van der Waals surface area (Å²) in [6, 6.07) is 103. The number of hydrogen-bond donors (Lipinski definition) is 1. The summed E-state index contributed by atoms with van der Waals surface area (Å²) < 4.78 is 0. The number of para-hydroxylation sites is 1. The molecule has 0 aliphatic heterocycles. The molecule has 1 N–H and O–H groups in total. The predicted molar refractivity (Wildman–Crippen MR) is 374 cm³/mol. The molecule has 3 aliphatic carbocycles. The summed E-state index contributed by atoms with van der Waals surface area (Å²) in [5, 5.41) is 5.26. The largest absolute Gasteiger partial charge is 0.354 e. The average molecular weight is 1120 g/mol. The van der Waals surface area contributed by atoms with Gasteiger partial charge in [0.15, 0.2) is 0 Å². The highest BCUT2D eigenvalue weighted by molar-refractivity contribution is 6.08. The Morgan fingerprint density at radius 2 is 0.931 bits per heavy atom. The summed E-state index contributed by atoms with van der Waals surface area (Å²) in [4.78, 5) is 3.50. The molecule has 0 bridgehead atoms. The zero-order valence-corrected chi connectivity index (χ0v) is 50.8. The van der Waals surface area contributed by atoms with Gasteiger partial charge >= 0.3 is 0 Å². The average Bonchev–Trinajstić information content (AvgIpc) is 1.58. The van der Waals surface area contributed by atoms with Crippen LogP contribution in [0.2, 0.25) is 0 Å². The number of allylic oxidation sites excluding steroid dienone is 4. The smallest absolute Gasteiger partial charge is 0.0713 e. The number of fused-ring (bicyclic) bond motifs is 10. The molecule has 0 amide bonds. The van der Waals surface area contributed by atoms with Crippen LogP contribution in [0.1, 0.15) is 94.3 Å². The van der Waals surface area contributed by atoms with Gasteiger partial charge in [0, 0.05) is 21.8 Å². The van der Waals surface area contributed by atoms with Gasteiger partial charge in [-0.2, -0.15) is 0 Å². The zero-order valence-electron chi connectivity index (χ0n) is 50.8. The molecule has 13 aromatic rings. The molecule has 12 aromatic carbocycles. The van der Waals surface area contributed by atoms with E-state index in [0.29, 0.717) is 0 Å². The van der Waals surface area contributed by atoms with E-state index >= 15 is 0 Å². The first kappa shape index (κ1) is 57.4. The molecule has 0 saturated carbocycles. The topological polar surface area (TPSA) is 15.8 Å². The summed E-state index contributed by atoms with van der Waals surface area (Å²) in [6.07, 6.45) is 12.3. The molecular weight excluding hydrogens is 1050 g/mol. The molecule has 0 saturated heterocycles. The summed E-state index contributed by atoms with van der Waals surface area (Å²) in [6.45, 7) is 14.8. The van der Waals surface area contributed by atoms with Crippen molar-refractivity contribution in [3.8, 4) is 33.4 Å². The quantitative estimate of drug-likeness (QED) is 0.171. The van der Waals surface area contributed by atoms with Crippen LogP contribution in [0.25, 0.3) is 72.0 Å². The molecule has 1 unspecified atom stereocenters. The van der Waals surface area contributed by atoms with Gasteiger partial charge in [0.1, 0.15) is 0 Å². The molecule has 1 heterocycles. The van der Waals surface area contributed by atoms with E-state index in [-0.39, 0.29) is 10.8 Å². The Morgan fingerprint density at radius 3 is 1.59 bits per heavy atom. The van der Waals surface area contributed by atoms with Crippen LogP contribution >= 0.6 is 0 Å². The number of aromatic amines is 1. The summed E-state index contributed by atoms with van der Waals surface area (Å²) in [5.74, 6) is 0. The minimum absolute atomic E-state index is 0.247. The van der Waals surface area contributed by atoms with Crippen molar-refractivity contribution in [3.63, 3.8) is 0 Å². The van der Waals surface area contributed by atoms with Crippen molar-refractivity contribution >= 4 is 38.7 Å². The van der Waals surface area contributed by atoms with E-state index in [9.17, 15) is 0 Å². The van der Waals surface area contributed by atoms with E-state index in [0.717, 1.165) is 12.8 Å². The van der Waals surface area contributed by atoms with Crippen molar-refractivity contribution < 1.29 is 0 Å². The molecule has 0 fully saturated rings. The van der Waals surface area contributed by atoms with E-state index < -0.39 is 0 Å². The van der Waals surface area contributed by atoms with Crippen LogP contribution in [0, 0.1) is 20.8 Å². The molecule has 1 heteroatoms. The SMILES string of the molecule is C=Cc1cccc2c1C(C1=CC=CCC1)(c1ccccc1)c1ccccc1-2.CCC.Cc1ccc2c(c1)C(c1ccccc1)(c1ccccc1)c1ccccc1-2.Cc1cccc(-c2ccc3c(c2)[nH]c2ccccc23)c1.Cc1cccc2ccccc12. The predicted octanol–water partition coefficient (Wildman–Crippen LogP) is 23.1. The van der Waals surface area contributed by atoms with E-state index in [2.05, 4.69) is 350 Å².